The molecule has 2 aromatic rings. The van der Waals surface area contributed by atoms with Gasteiger partial charge in [0.15, 0.2) is 11.5 Å². The molecule has 0 radical (unpaired) electrons. The minimum atomic E-state index is -0.525. The number of hydrogen-bond donors (Lipinski definition) is 1. The van der Waals surface area contributed by atoms with Crippen LogP contribution in [0.25, 0.3) is 0 Å². The number of aromatic nitrogens is 2. The number of ether oxygens (including phenoxy) is 2. The van der Waals surface area contributed by atoms with Crippen molar-refractivity contribution < 1.29 is 19.4 Å². The van der Waals surface area contributed by atoms with Crippen LogP contribution < -0.4 is 9.47 Å². The third kappa shape index (κ3) is 2.60. The molecule has 7 heteroatoms. The molecule has 1 aromatic heterocycles. The van der Waals surface area contributed by atoms with E-state index >= 15 is 0 Å². The van der Waals surface area contributed by atoms with Gasteiger partial charge in [-0.3, -0.25) is 9.48 Å². The van der Waals surface area contributed by atoms with Gasteiger partial charge in [0.25, 0.3) is 5.91 Å². The maximum atomic E-state index is 12.9. The van der Waals surface area contributed by atoms with Crippen LogP contribution in [0.15, 0.2) is 30.6 Å². The lowest BCUT2D eigenvalue weighted by Crippen LogP contribution is -2.41. The van der Waals surface area contributed by atoms with Crippen molar-refractivity contribution in [3.63, 3.8) is 0 Å². The maximum absolute atomic E-state index is 12.9. The van der Waals surface area contributed by atoms with E-state index in [9.17, 15) is 9.90 Å². The van der Waals surface area contributed by atoms with Gasteiger partial charge in [0.1, 0.15) is 0 Å². The second-order valence-corrected chi connectivity index (χ2v) is 6.22. The maximum Gasteiger partial charge on any atom is 0.254 e. The summed E-state index contributed by atoms with van der Waals surface area (Å²) >= 11 is 0. The number of hydrogen-bond acceptors (Lipinski definition) is 5. The minimum absolute atomic E-state index is 0.0984. The number of fused-ring (bicyclic) bond motifs is 1. The Labute approximate surface area is 139 Å². The number of aliphatic hydroxyl groups is 1. The molecule has 1 amide bonds. The fourth-order valence-electron chi connectivity index (χ4n) is 3.35. The number of aliphatic hydroxyl groups excluding tert-OH is 1. The number of aryl methyl sites for hydroxylation is 1. The second-order valence-electron chi connectivity index (χ2n) is 6.22. The van der Waals surface area contributed by atoms with Crippen LogP contribution in [-0.2, 0) is 13.5 Å². The summed E-state index contributed by atoms with van der Waals surface area (Å²) in [6.07, 6.45) is 4.33. The van der Waals surface area contributed by atoms with E-state index in [1.807, 2.05) is 13.2 Å². The van der Waals surface area contributed by atoms with Crippen molar-refractivity contribution in [1.82, 2.24) is 14.7 Å². The Kier molecular flexibility index (Phi) is 3.65. The molecule has 2 atom stereocenters. The van der Waals surface area contributed by atoms with Crippen LogP contribution in [0, 0.1) is 0 Å². The van der Waals surface area contributed by atoms with Crippen LogP contribution in [0.5, 0.6) is 11.5 Å². The third-order valence-electron chi connectivity index (χ3n) is 4.59. The third-order valence-corrected chi connectivity index (χ3v) is 4.59. The quantitative estimate of drug-likeness (QED) is 0.908. The summed E-state index contributed by atoms with van der Waals surface area (Å²) in [7, 11) is 1.85. The van der Waals surface area contributed by atoms with Crippen molar-refractivity contribution in [2.75, 3.05) is 13.3 Å². The summed E-state index contributed by atoms with van der Waals surface area (Å²) in [4.78, 5) is 14.6. The van der Waals surface area contributed by atoms with Crippen LogP contribution in [-0.4, -0.2) is 51.2 Å². The summed E-state index contributed by atoms with van der Waals surface area (Å²) in [6.45, 7) is 0.721. The Bertz CT molecular complexity index is 773. The highest BCUT2D eigenvalue weighted by atomic mass is 16.7. The molecule has 2 aliphatic heterocycles. The van der Waals surface area contributed by atoms with Crippen molar-refractivity contribution in [3.05, 3.63) is 41.7 Å². The van der Waals surface area contributed by atoms with Gasteiger partial charge in [0.05, 0.1) is 18.3 Å². The Morgan fingerprint density at radius 1 is 1.38 bits per heavy atom. The normalized spacial score (nSPS) is 22.2. The van der Waals surface area contributed by atoms with Gasteiger partial charge in [-0.25, -0.2) is 0 Å². The summed E-state index contributed by atoms with van der Waals surface area (Å²) < 4.78 is 12.3. The van der Waals surface area contributed by atoms with E-state index in [4.69, 9.17) is 9.47 Å². The molecule has 7 nitrogen and oxygen atoms in total. The lowest BCUT2D eigenvalue weighted by atomic mass is 10.0. The Balaban J connectivity index is 1.56. The van der Waals surface area contributed by atoms with Gasteiger partial charge in [0, 0.05) is 25.4 Å². The van der Waals surface area contributed by atoms with Crippen LogP contribution >= 0.6 is 0 Å². The lowest BCUT2D eigenvalue weighted by Gasteiger charge is -2.26. The molecule has 126 valence electrons. The van der Waals surface area contributed by atoms with Gasteiger partial charge < -0.3 is 19.5 Å². The number of benzene rings is 1. The average molecular weight is 329 g/mol. The Hall–Kier alpha value is -2.54. The predicted molar refractivity (Wildman–Crippen MR) is 84.9 cm³/mol. The zero-order chi connectivity index (χ0) is 16.7. The molecule has 24 heavy (non-hydrogen) atoms. The van der Waals surface area contributed by atoms with Gasteiger partial charge in [-0.2, -0.15) is 5.10 Å². The Morgan fingerprint density at radius 2 is 2.21 bits per heavy atom. The SMILES string of the molecule is Cn1cc(C[C@@H]2[C@@H](O)CCN2C(=O)c2ccc3c(c2)OCO3)cn1. The fourth-order valence-corrected chi connectivity index (χ4v) is 3.35. The zero-order valence-corrected chi connectivity index (χ0v) is 13.4. The number of amides is 1. The van der Waals surface area contributed by atoms with Gasteiger partial charge >= 0.3 is 0 Å². The van der Waals surface area contributed by atoms with Gasteiger partial charge in [-0.1, -0.05) is 0 Å². The highest BCUT2D eigenvalue weighted by Crippen LogP contribution is 2.33. The van der Waals surface area contributed by atoms with Crippen molar-refractivity contribution >= 4 is 5.91 Å². The van der Waals surface area contributed by atoms with Crippen LogP contribution in [0.4, 0.5) is 0 Å². The van der Waals surface area contributed by atoms with Gasteiger partial charge in [-0.15, -0.1) is 0 Å². The molecule has 0 unspecified atom stereocenters. The monoisotopic (exact) mass is 329 g/mol. The molecule has 0 bridgehead atoms. The molecule has 1 saturated heterocycles. The van der Waals surface area contributed by atoms with Gasteiger partial charge in [-0.05, 0) is 36.6 Å². The fraction of sp³-hybridized carbons (Fsp3) is 0.412. The summed E-state index contributed by atoms with van der Waals surface area (Å²) in [6, 6.07) is 4.95. The van der Waals surface area contributed by atoms with E-state index < -0.39 is 6.10 Å². The molecule has 0 saturated carbocycles. The first kappa shape index (κ1) is 15.0. The van der Waals surface area contributed by atoms with E-state index in [-0.39, 0.29) is 18.7 Å². The van der Waals surface area contributed by atoms with E-state index in [0.29, 0.717) is 36.4 Å². The first-order valence-corrected chi connectivity index (χ1v) is 7.98. The van der Waals surface area contributed by atoms with Crippen LogP contribution in [0.2, 0.25) is 0 Å². The minimum Gasteiger partial charge on any atom is -0.454 e. The average Bonchev–Trinajstić information content (AvgIpc) is 3.28. The summed E-state index contributed by atoms with van der Waals surface area (Å²) in [5.41, 5.74) is 1.55. The number of carbonyl (C=O) groups excluding carboxylic acids is 1. The van der Waals surface area contributed by atoms with Crippen molar-refractivity contribution in [1.29, 1.82) is 0 Å². The molecule has 1 N–H and O–H groups in total. The lowest BCUT2D eigenvalue weighted by molar-refractivity contribution is 0.0639. The van der Waals surface area contributed by atoms with Gasteiger partial charge in [0.2, 0.25) is 6.79 Å². The highest BCUT2D eigenvalue weighted by molar-refractivity contribution is 5.95. The number of nitrogens with zero attached hydrogens (tertiary/aromatic N) is 3. The molecular formula is C17H19N3O4. The standard InChI is InChI=1S/C17H19N3O4/c1-19-9-11(8-18-19)6-13-14(21)4-5-20(13)17(22)12-2-3-15-16(7-12)24-10-23-15/h2-3,7-9,13-14,21H,4-6,10H2,1H3/t13-,14+/m1/s1. The van der Waals surface area contributed by atoms with E-state index in [1.165, 1.54) is 0 Å². The molecule has 2 aliphatic rings. The first-order chi connectivity index (χ1) is 11.6. The molecule has 0 aliphatic carbocycles. The van der Waals surface area contributed by atoms with Crippen molar-refractivity contribution in [2.24, 2.45) is 7.05 Å². The van der Waals surface area contributed by atoms with Crippen molar-refractivity contribution in [3.8, 4) is 11.5 Å². The number of carbonyl (C=O) groups is 1. The topological polar surface area (TPSA) is 76.8 Å². The molecule has 1 fully saturated rings. The second kappa shape index (κ2) is 5.83. The van der Waals surface area contributed by atoms with E-state index in [2.05, 4.69) is 5.10 Å². The molecule has 1 aromatic carbocycles. The first-order valence-electron chi connectivity index (χ1n) is 7.98. The van der Waals surface area contributed by atoms with Crippen LogP contribution in [0.1, 0.15) is 22.3 Å². The van der Waals surface area contributed by atoms with E-state index in [1.54, 1.807) is 34.0 Å². The molecule has 0 spiro atoms. The Morgan fingerprint density at radius 3 is 3.00 bits per heavy atom. The number of rotatable bonds is 3. The largest absolute Gasteiger partial charge is 0.454 e. The summed E-state index contributed by atoms with van der Waals surface area (Å²) in [5, 5.41) is 14.5. The van der Waals surface area contributed by atoms with Crippen molar-refractivity contribution in [2.45, 2.75) is 25.0 Å². The smallest absolute Gasteiger partial charge is 0.254 e. The van der Waals surface area contributed by atoms with E-state index in [0.717, 1.165) is 5.56 Å². The zero-order valence-electron chi connectivity index (χ0n) is 13.4. The van der Waals surface area contributed by atoms with Crippen LogP contribution in [0.3, 0.4) is 0 Å². The molecule has 4 rings (SSSR count). The molecular weight excluding hydrogens is 310 g/mol. The summed E-state index contributed by atoms with van der Waals surface area (Å²) in [5.74, 6) is 1.14. The highest BCUT2D eigenvalue weighted by Gasteiger charge is 2.36. The number of likely N-dealkylation sites (tertiary alicyclic amines) is 1. The molecule has 3 heterocycles. The predicted octanol–water partition coefficient (Wildman–Crippen LogP) is 0.967.